The molecule has 0 heterocycles. The predicted octanol–water partition coefficient (Wildman–Crippen LogP) is 3.62. The number of benzene rings is 1. The summed E-state index contributed by atoms with van der Waals surface area (Å²) in [5.74, 6) is 2.52. The highest BCUT2D eigenvalue weighted by Gasteiger charge is 2.04. The minimum Gasteiger partial charge on any atom is -0.497 e. The molecule has 0 aliphatic heterocycles. The van der Waals surface area contributed by atoms with Gasteiger partial charge in [-0.2, -0.15) is 0 Å². The van der Waals surface area contributed by atoms with Gasteiger partial charge in [-0.25, -0.2) is 0 Å². The van der Waals surface area contributed by atoms with Crippen LogP contribution in [0, 0.1) is 5.92 Å². The molecule has 0 bridgehead atoms. The largest absolute Gasteiger partial charge is 0.497 e. The van der Waals surface area contributed by atoms with Crippen LogP contribution in [0.3, 0.4) is 0 Å². The second-order valence-electron chi connectivity index (χ2n) is 5.24. The Labute approximate surface area is 117 Å². The molecule has 1 aromatic carbocycles. The zero-order chi connectivity index (χ0) is 14.1. The lowest BCUT2D eigenvalue weighted by Gasteiger charge is -2.11. The summed E-state index contributed by atoms with van der Waals surface area (Å²) in [6.07, 6.45) is 3.84. The molecule has 1 rings (SSSR count). The third-order valence-corrected chi connectivity index (χ3v) is 3.19. The highest BCUT2D eigenvalue weighted by Crippen LogP contribution is 2.24. The maximum atomic E-state index is 5.38. The average molecular weight is 265 g/mol. The molecule has 1 N–H and O–H groups in total. The van der Waals surface area contributed by atoms with Gasteiger partial charge in [0, 0.05) is 18.2 Å². The molecule has 3 nitrogen and oxygen atoms in total. The van der Waals surface area contributed by atoms with E-state index < -0.39 is 0 Å². The number of nitrogens with one attached hydrogen (secondary N) is 1. The lowest BCUT2D eigenvalue weighted by Crippen LogP contribution is -2.15. The number of methoxy groups -OCH3 is 2. The average Bonchev–Trinajstić information content (AvgIpc) is 2.42. The van der Waals surface area contributed by atoms with Crippen molar-refractivity contribution < 1.29 is 9.47 Å². The van der Waals surface area contributed by atoms with Crippen molar-refractivity contribution in [2.45, 2.75) is 39.7 Å². The van der Waals surface area contributed by atoms with Crippen LogP contribution in [0.4, 0.5) is 0 Å². The summed E-state index contributed by atoms with van der Waals surface area (Å²) < 4.78 is 10.6. The van der Waals surface area contributed by atoms with Crippen LogP contribution < -0.4 is 14.8 Å². The molecular weight excluding hydrogens is 238 g/mol. The second kappa shape index (κ2) is 8.81. The van der Waals surface area contributed by atoms with Crippen LogP contribution >= 0.6 is 0 Å². The van der Waals surface area contributed by atoms with Crippen LogP contribution in [0.25, 0.3) is 0 Å². The number of hydrogen-bond donors (Lipinski definition) is 1. The molecule has 0 saturated heterocycles. The molecule has 0 amide bonds. The summed E-state index contributed by atoms with van der Waals surface area (Å²) in [4.78, 5) is 0. The Kier molecular flexibility index (Phi) is 7.34. The molecule has 3 heteroatoms. The molecule has 0 radical (unpaired) electrons. The summed E-state index contributed by atoms with van der Waals surface area (Å²) in [5, 5.41) is 3.47. The molecule has 0 aliphatic carbocycles. The Morgan fingerprint density at radius 2 is 1.89 bits per heavy atom. The van der Waals surface area contributed by atoms with E-state index in [1.165, 1.54) is 24.8 Å². The van der Waals surface area contributed by atoms with E-state index in [2.05, 4.69) is 25.2 Å². The number of unbranched alkanes of at least 4 members (excludes halogenated alkanes) is 1. The Balaban J connectivity index is 2.32. The fraction of sp³-hybridized carbons (Fsp3) is 0.625. The Bertz CT molecular complexity index is 364. The molecule has 19 heavy (non-hydrogen) atoms. The predicted molar refractivity (Wildman–Crippen MR) is 79.9 cm³/mol. The highest BCUT2D eigenvalue weighted by molar-refractivity contribution is 5.40. The maximum Gasteiger partial charge on any atom is 0.127 e. The number of hydrogen-bond acceptors (Lipinski definition) is 3. The van der Waals surface area contributed by atoms with Gasteiger partial charge in [-0.3, -0.25) is 0 Å². The fourth-order valence-corrected chi connectivity index (χ4v) is 2.02. The Morgan fingerprint density at radius 3 is 2.53 bits per heavy atom. The summed E-state index contributed by atoms with van der Waals surface area (Å²) in [7, 11) is 3.36. The minimum absolute atomic E-state index is 0.807. The van der Waals surface area contributed by atoms with Crippen molar-refractivity contribution >= 4 is 0 Å². The molecule has 0 aliphatic rings. The number of rotatable bonds is 9. The monoisotopic (exact) mass is 265 g/mol. The molecular formula is C16H27NO2. The molecule has 0 unspecified atom stereocenters. The zero-order valence-corrected chi connectivity index (χ0v) is 12.7. The Hall–Kier alpha value is -1.22. The summed E-state index contributed by atoms with van der Waals surface area (Å²) in [6.45, 7) is 6.45. The van der Waals surface area contributed by atoms with Crippen molar-refractivity contribution in [1.82, 2.24) is 5.32 Å². The van der Waals surface area contributed by atoms with Gasteiger partial charge in [0.2, 0.25) is 0 Å². The topological polar surface area (TPSA) is 30.5 Å². The van der Waals surface area contributed by atoms with E-state index in [9.17, 15) is 0 Å². The van der Waals surface area contributed by atoms with E-state index in [-0.39, 0.29) is 0 Å². The first kappa shape index (κ1) is 15.8. The van der Waals surface area contributed by atoms with Gasteiger partial charge in [-0.1, -0.05) is 32.8 Å². The van der Waals surface area contributed by atoms with Crippen LogP contribution in [0.5, 0.6) is 11.5 Å². The van der Waals surface area contributed by atoms with Crippen molar-refractivity contribution in [3.8, 4) is 11.5 Å². The van der Waals surface area contributed by atoms with Gasteiger partial charge in [0.15, 0.2) is 0 Å². The third-order valence-electron chi connectivity index (χ3n) is 3.19. The van der Waals surface area contributed by atoms with Gasteiger partial charge in [0.1, 0.15) is 11.5 Å². The van der Waals surface area contributed by atoms with E-state index in [1.54, 1.807) is 14.2 Å². The van der Waals surface area contributed by atoms with E-state index >= 15 is 0 Å². The van der Waals surface area contributed by atoms with Crippen molar-refractivity contribution in [3.63, 3.8) is 0 Å². The zero-order valence-electron chi connectivity index (χ0n) is 12.7. The minimum atomic E-state index is 0.807. The van der Waals surface area contributed by atoms with Gasteiger partial charge < -0.3 is 14.8 Å². The van der Waals surface area contributed by atoms with Crippen molar-refractivity contribution in [3.05, 3.63) is 23.8 Å². The summed E-state index contributed by atoms with van der Waals surface area (Å²) >= 11 is 0. The molecule has 1 aromatic rings. The first-order valence-corrected chi connectivity index (χ1v) is 7.09. The van der Waals surface area contributed by atoms with Gasteiger partial charge >= 0.3 is 0 Å². The van der Waals surface area contributed by atoms with Crippen molar-refractivity contribution in [2.24, 2.45) is 5.92 Å². The van der Waals surface area contributed by atoms with Crippen molar-refractivity contribution in [2.75, 3.05) is 20.8 Å². The first-order chi connectivity index (χ1) is 9.17. The third kappa shape index (κ3) is 5.97. The van der Waals surface area contributed by atoms with Crippen LogP contribution in [0.1, 0.15) is 38.7 Å². The van der Waals surface area contributed by atoms with Gasteiger partial charge in [0.25, 0.3) is 0 Å². The standard InChI is InChI=1S/C16H27NO2/c1-13(2)7-5-6-10-17-12-14-8-9-15(18-3)11-16(14)19-4/h8-9,11,13,17H,5-7,10,12H2,1-4H3. The van der Waals surface area contributed by atoms with E-state index in [4.69, 9.17) is 9.47 Å². The molecule has 108 valence electrons. The summed E-state index contributed by atoms with van der Waals surface area (Å²) in [5.41, 5.74) is 1.17. The van der Waals surface area contributed by atoms with Crippen LogP contribution in [-0.2, 0) is 6.54 Å². The quantitative estimate of drug-likeness (QED) is 0.692. The van der Waals surface area contributed by atoms with Crippen molar-refractivity contribution in [1.29, 1.82) is 0 Å². The molecule has 0 aromatic heterocycles. The first-order valence-electron chi connectivity index (χ1n) is 7.09. The SMILES string of the molecule is COc1ccc(CNCCCCC(C)C)c(OC)c1. The van der Waals surface area contributed by atoms with Crippen LogP contribution in [0.15, 0.2) is 18.2 Å². The highest BCUT2D eigenvalue weighted by atomic mass is 16.5. The normalized spacial score (nSPS) is 10.8. The smallest absolute Gasteiger partial charge is 0.127 e. The Morgan fingerprint density at radius 1 is 1.11 bits per heavy atom. The second-order valence-corrected chi connectivity index (χ2v) is 5.24. The lowest BCUT2D eigenvalue weighted by molar-refractivity contribution is 0.389. The fourth-order valence-electron chi connectivity index (χ4n) is 2.02. The maximum absolute atomic E-state index is 5.38. The van der Waals surface area contributed by atoms with Crippen LogP contribution in [-0.4, -0.2) is 20.8 Å². The van der Waals surface area contributed by atoms with Crippen LogP contribution in [0.2, 0.25) is 0 Å². The lowest BCUT2D eigenvalue weighted by atomic mass is 10.1. The van der Waals surface area contributed by atoms with E-state index in [0.717, 1.165) is 30.5 Å². The van der Waals surface area contributed by atoms with Gasteiger partial charge in [0.05, 0.1) is 14.2 Å². The molecule has 0 saturated carbocycles. The molecule has 0 fully saturated rings. The molecule has 0 atom stereocenters. The number of ether oxygens (including phenoxy) is 2. The van der Waals surface area contributed by atoms with Gasteiger partial charge in [-0.15, -0.1) is 0 Å². The summed E-state index contributed by atoms with van der Waals surface area (Å²) in [6, 6.07) is 5.95. The van der Waals surface area contributed by atoms with Gasteiger partial charge in [-0.05, 0) is 24.9 Å². The molecule has 0 spiro atoms. The van der Waals surface area contributed by atoms with E-state index in [0.29, 0.717) is 0 Å². The van der Waals surface area contributed by atoms with E-state index in [1.807, 2.05) is 12.1 Å².